The minimum absolute atomic E-state index is 0.0178. The van der Waals surface area contributed by atoms with Crippen molar-refractivity contribution in [2.75, 3.05) is 7.11 Å². The van der Waals surface area contributed by atoms with E-state index in [9.17, 15) is 4.79 Å². The van der Waals surface area contributed by atoms with Crippen LogP contribution in [0.1, 0.15) is 5.76 Å². The Morgan fingerprint density at radius 3 is 2.21 bits per heavy atom. The van der Waals surface area contributed by atoms with E-state index in [-0.39, 0.29) is 5.76 Å². The zero-order valence-electron chi connectivity index (χ0n) is 9.82. The van der Waals surface area contributed by atoms with Crippen molar-refractivity contribution >= 4 is 34.8 Å². The molecule has 0 unspecified atom stereocenters. The molecule has 0 aliphatic carbocycles. The number of rotatable bonds is 2. The minimum Gasteiger partial charge on any atom is -0.497 e. The second-order valence-corrected chi connectivity index (χ2v) is 6.04. The molecular formula is C13H9Cl3O3. The third-order valence-corrected chi connectivity index (χ3v) is 3.03. The molecule has 0 saturated carbocycles. The Kier molecular flexibility index (Phi) is 4.09. The number of benzene rings is 1. The zero-order chi connectivity index (χ0) is 14.0. The molecule has 0 spiro atoms. The maximum atomic E-state index is 11.5. The van der Waals surface area contributed by atoms with E-state index < -0.39 is 9.42 Å². The first-order chi connectivity index (χ1) is 8.90. The van der Waals surface area contributed by atoms with Gasteiger partial charge in [-0.3, -0.25) is 0 Å². The van der Waals surface area contributed by atoms with E-state index in [0.29, 0.717) is 11.3 Å². The summed E-state index contributed by atoms with van der Waals surface area (Å²) in [5, 5.41) is 0. The summed E-state index contributed by atoms with van der Waals surface area (Å²) in [5.74, 6) is 0.698. The van der Waals surface area contributed by atoms with Crippen LogP contribution in [0.5, 0.6) is 5.75 Å². The van der Waals surface area contributed by atoms with Crippen molar-refractivity contribution in [1.29, 1.82) is 0 Å². The molecule has 6 heteroatoms. The molecule has 0 fully saturated rings. The third kappa shape index (κ3) is 3.44. The summed E-state index contributed by atoms with van der Waals surface area (Å²) in [7, 11) is 1.58. The molecule has 2 aromatic rings. The van der Waals surface area contributed by atoms with E-state index in [1.54, 1.807) is 31.4 Å². The first-order valence-electron chi connectivity index (χ1n) is 5.27. The molecule has 0 N–H and O–H groups in total. The van der Waals surface area contributed by atoms with Crippen LogP contribution >= 0.6 is 34.8 Å². The Morgan fingerprint density at radius 1 is 1.05 bits per heavy atom. The van der Waals surface area contributed by atoms with Crippen molar-refractivity contribution < 1.29 is 9.15 Å². The molecule has 19 heavy (non-hydrogen) atoms. The molecule has 1 aromatic heterocycles. The molecule has 0 atom stereocenters. The lowest BCUT2D eigenvalue weighted by Gasteiger charge is -2.10. The number of alkyl halides is 3. The average molecular weight is 320 g/mol. The fourth-order valence-electron chi connectivity index (χ4n) is 1.57. The fraction of sp³-hybridized carbons (Fsp3) is 0.154. The molecular weight excluding hydrogens is 310 g/mol. The van der Waals surface area contributed by atoms with Gasteiger partial charge in [0, 0.05) is 6.07 Å². The topological polar surface area (TPSA) is 39.4 Å². The molecule has 1 aromatic carbocycles. The molecule has 2 rings (SSSR count). The van der Waals surface area contributed by atoms with Gasteiger partial charge in [-0.05, 0) is 29.3 Å². The van der Waals surface area contributed by atoms with Crippen LogP contribution in [0.4, 0.5) is 0 Å². The standard InChI is InChI=1S/C13H9Cl3O3/c1-18-10-4-2-8(3-5-10)9-6-11(13(14,15)16)19-12(17)7-9/h2-7H,1H3. The van der Waals surface area contributed by atoms with Crippen molar-refractivity contribution in [3.63, 3.8) is 0 Å². The van der Waals surface area contributed by atoms with E-state index in [4.69, 9.17) is 44.0 Å². The fourth-order valence-corrected chi connectivity index (χ4v) is 1.85. The average Bonchev–Trinajstić information content (AvgIpc) is 2.37. The summed E-state index contributed by atoms with van der Waals surface area (Å²) < 4.78 is 8.16. The highest BCUT2D eigenvalue weighted by Gasteiger charge is 2.27. The highest BCUT2D eigenvalue weighted by Crippen LogP contribution is 2.38. The van der Waals surface area contributed by atoms with E-state index >= 15 is 0 Å². The monoisotopic (exact) mass is 318 g/mol. The Labute approximate surface area is 124 Å². The molecule has 3 nitrogen and oxygen atoms in total. The first-order valence-corrected chi connectivity index (χ1v) is 6.40. The summed E-state index contributed by atoms with van der Waals surface area (Å²) in [6.07, 6.45) is 0. The third-order valence-electron chi connectivity index (χ3n) is 2.47. The predicted octanol–water partition coefficient (Wildman–Crippen LogP) is 4.14. The molecule has 0 saturated heterocycles. The summed E-state index contributed by atoms with van der Waals surface area (Å²) in [4.78, 5) is 11.5. The summed E-state index contributed by atoms with van der Waals surface area (Å²) in [5.41, 5.74) is 0.832. The van der Waals surface area contributed by atoms with Crippen molar-refractivity contribution in [2.24, 2.45) is 0 Å². The second-order valence-electron chi connectivity index (χ2n) is 3.76. The Morgan fingerprint density at radius 2 is 1.68 bits per heavy atom. The van der Waals surface area contributed by atoms with Crippen LogP contribution in [0.15, 0.2) is 45.6 Å². The van der Waals surface area contributed by atoms with Crippen LogP contribution in [0.25, 0.3) is 11.1 Å². The van der Waals surface area contributed by atoms with Crippen molar-refractivity contribution in [1.82, 2.24) is 0 Å². The number of hydrogen-bond acceptors (Lipinski definition) is 3. The predicted molar refractivity (Wildman–Crippen MR) is 76.2 cm³/mol. The van der Waals surface area contributed by atoms with E-state index in [1.807, 2.05) is 0 Å². The van der Waals surface area contributed by atoms with Gasteiger partial charge in [0.1, 0.15) is 5.75 Å². The summed E-state index contributed by atoms with van der Waals surface area (Å²) >= 11 is 17.1. The Hall–Kier alpha value is -1.16. The summed E-state index contributed by atoms with van der Waals surface area (Å²) in [6, 6.07) is 10.0. The molecule has 0 amide bonds. The lowest BCUT2D eigenvalue weighted by atomic mass is 10.1. The number of halogens is 3. The molecule has 0 radical (unpaired) electrons. The largest absolute Gasteiger partial charge is 0.497 e. The molecule has 0 aliphatic heterocycles. The quantitative estimate of drug-likeness (QED) is 0.781. The van der Waals surface area contributed by atoms with Gasteiger partial charge in [0.25, 0.3) is 0 Å². The van der Waals surface area contributed by atoms with Gasteiger partial charge in [-0.1, -0.05) is 46.9 Å². The van der Waals surface area contributed by atoms with Gasteiger partial charge in [-0.15, -0.1) is 0 Å². The van der Waals surface area contributed by atoms with E-state index in [0.717, 1.165) is 5.56 Å². The van der Waals surface area contributed by atoms with Crippen LogP contribution in [0, 0.1) is 0 Å². The Bertz CT molecular complexity index is 627. The van der Waals surface area contributed by atoms with Crippen molar-refractivity contribution in [3.8, 4) is 16.9 Å². The highest BCUT2D eigenvalue weighted by molar-refractivity contribution is 6.66. The van der Waals surface area contributed by atoms with Crippen LogP contribution in [0.3, 0.4) is 0 Å². The van der Waals surface area contributed by atoms with Crippen LogP contribution < -0.4 is 10.4 Å². The molecule has 100 valence electrons. The van der Waals surface area contributed by atoms with Gasteiger partial charge in [-0.2, -0.15) is 0 Å². The smallest absolute Gasteiger partial charge is 0.336 e. The number of hydrogen-bond donors (Lipinski definition) is 0. The van der Waals surface area contributed by atoms with Gasteiger partial charge in [0.05, 0.1) is 7.11 Å². The number of ether oxygens (including phenoxy) is 1. The molecule has 0 aliphatic rings. The lowest BCUT2D eigenvalue weighted by molar-refractivity contribution is 0.415. The zero-order valence-corrected chi connectivity index (χ0v) is 12.1. The van der Waals surface area contributed by atoms with Gasteiger partial charge in [0.2, 0.25) is 3.79 Å². The van der Waals surface area contributed by atoms with Crippen LogP contribution in [-0.4, -0.2) is 7.11 Å². The van der Waals surface area contributed by atoms with Crippen molar-refractivity contribution in [3.05, 3.63) is 52.6 Å². The lowest BCUT2D eigenvalue weighted by Crippen LogP contribution is -2.07. The first kappa shape index (κ1) is 14.3. The van der Waals surface area contributed by atoms with Crippen molar-refractivity contribution in [2.45, 2.75) is 3.79 Å². The minimum atomic E-state index is -1.78. The van der Waals surface area contributed by atoms with Crippen LogP contribution in [-0.2, 0) is 3.79 Å². The van der Waals surface area contributed by atoms with E-state index in [2.05, 4.69) is 0 Å². The van der Waals surface area contributed by atoms with Gasteiger partial charge >= 0.3 is 5.63 Å². The summed E-state index contributed by atoms with van der Waals surface area (Å²) in [6.45, 7) is 0. The maximum Gasteiger partial charge on any atom is 0.336 e. The maximum absolute atomic E-state index is 11.5. The number of methoxy groups -OCH3 is 1. The molecule has 1 heterocycles. The second kappa shape index (κ2) is 5.45. The Balaban J connectivity index is 2.49. The SMILES string of the molecule is COc1ccc(-c2cc(C(Cl)(Cl)Cl)oc(=O)c2)cc1. The van der Waals surface area contributed by atoms with Crippen LogP contribution in [0.2, 0.25) is 0 Å². The highest BCUT2D eigenvalue weighted by atomic mass is 35.6. The normalized spacial score (nSPS) is 11.4. The molecule has 0 bridgehead atoms. The van der Waals surface area contributed by atoms with Gasteiger partial charge < -0.3 is 9.15 Å². The van der Waals surface area contributed by atoms with Gasteiger partial charge in [0.15, 0.2) is 5.76 Å². The van der Waals surface area contributed by atoms with E-state index in [1.165, 1.54) is 12.1 Å². The van der Waals surface area contributed by atoms with Gasteiger partial charge in [-0.25, -0.2) is 4.79 Å².